The van der Waals surface area contributed by atoms with Gasteiger partial charge in [-0.25, -0.2) is 9.78 Å². The standard InChI is InChI=1S/C6H6N4OS/c1-2-8-5-3(12-2)4(7)9-6(11)10-5/h1H3,(H3,7,9,10,11). The van der Waals surface area contributed by atoms with Crippen molar-refractivity contribution in [1.29, 1.82) is 0 Å². The second kappa shape index (κ2) is 2.28. The Labute approximate surface area is 71.3 Å². The lowest BCUT2D eigenvalue weighted by molar-refractivity contribution is 1.11. The number of thiazole rings is 1. The molecule has 3 N–H and O–H groups in total. The van der Waals surface area contributed by atoms with Crippen molar-refractivity contribution in [3.8, 4) is 0 Å². The van der Waals surface area contributed by atoms with E-state index in [1.807, 2.05) is 6.92 Å². The van der Waals surface area contributed by atoms with E-state index in [4.69, 9.17) is 5.73 Å². The van der Waals surface area contributed by atoms with Crippen LogP contribution in [-0.4, -0.2) is 15.0 Å². The fourth-order valence-corrected chi connectivity index (χ4v) is 1.75. The zero-order valence-electron chi connectivity index (χ0n) is 6.29. The van der Waals surface area contributed by atoms with Crippen molar-refractivity contribution in [1.82, 2.24) is 15.0 Å². The van der Waals surface area contributed by atoms with Crippen LogP contribution in [0, 0.1) is 6.92 Å². The molecule has 0 unspecified atom stereocenters. The lowest BCUT2D eigenvalue weighted by Crippen LogP contribution is -2.11. The van der Waals surface area contributed by atoms with Crippen LogP contribution in [0.25, 0.3) is 10.3 Å². The number of nitrogens with zero attached hydrogens (tertiary/aromatic N) is 2. The number of H-pyrrole nitrogens is 1. The molecule has 0 aromatic carbocycles. The van der Waals surface area contributed by atoms with Crippen LogP contribution in [0.3, 0.4) is 0 Å². The Bertz CT molecular complexity index is 486. The maximum atomic E-state index is 10.8. The highest BCUT2D eigenvalue weighted by atomic mass is 32.1. The molecule has 2 heterocycles. The molecule has 0 saturated heterocycles. The van der Waals surface area contributed by atoms with Gasteiger partial charge in [-0.2, -0.15) is 4.98 Å². The van der Waals surface area contributed by atoms with E-state index >= 15 is 0 Å². The Hall–Kier alpha value is -1.43. The molecule has 0 amide bonds. The van der Waals surface area contributed by atoms with E-state index in [0.29, 0.717) is 5.65 Å². The van der Waals surface area contributed by atoms with E-state index < -0.39 is 5.69 Å². The van der Waals surface area contributed by atoms with Gasteiger partial charge in [-0.05, 0) is 6.92 Å². The molecular formula is C6H6N4OS. The average Bonchev–Trinajstić information content (AvgIpc) is 2.29. The summed E-state index contributed by atoms with van der Waals surface area (Å²) in [4.78, 5) is 21.0. The van der Waals surface area contributed by atoms with Crippen LogP contribution in [0.2, 0.25) is 0 Å². The summed E-state index contributed by atoms with van der Waals surface area (Å²) in [5.74, 6) is 0.249. The number of rotatable bonds is 0. The summed E-state index contributed by atoms with van der Waals surface area (Å²) in [6.45, 7) is 1.85. The van der Waals surface area contributed by atoms with Crippen molar-refractivity contribution in [3.05, 3.63) is 15.5 Å². The summed E-state index contributed by atoms with van der Waals surface area (Å²) < 4.78 is 0.743. The summed E-state index contributed by atoms with van der Waals surface area (Å²) in [5.41, 5.74) is 5.58. The minimum Gasteiger partial charge on any atom is -0.382 e. The molecule has 0 radical (unpaired) electrons. The molecule has 12 heavy (non-hydrogen) atoms. The van der Waals surface area contributed by atoms with Gasteiger partial charge in [0.1, 0.15) is 4.70 Å². The third-order valence-electron chi connectivity index (χ3n) is 1.41. The summed E-state index contributed by atoms with van der Waals surface area (Å²) in [5, 5.41) is 0.861. The second-order valence-corrected chi connectivity index (χ2v) is 3.54. The summed E-state index contributed by atoms with van der Waals surface area (Å²) in [6, 6.07) is 0. The summed E-state index contributed by atoms with van der Waals surface area (Å²) >= 11 is 1.42. The lowest BCUT2D eigenvalue weighted by atomic mass is 10.5. The highest BCUT2D eigenvalue weighted by molar-refractivity contribution is 7.19. The molecule has 0 spiro atoms. The topological polar surface area (TPSA) is 84.7 Å². The van der Waals surface area contributed by atoms with Crippen molar-refractivity contribution in [2.45, 2.75) is 6.92 Å². The van der Waals surface area contributed by atoms with Gasteiger partial charge in [0, 0.05) is 0 Å². The van der Waals surface area contributed by atoms with Crippen molar-refractivity contribution < 1.29 is 0 Å². The maximum absolute atomic E-state index is 10.8. The molecule has 6 heteroatoms. The van der Waals surface area contributed by atoms with E-state index in [2.05, 4.69) is 15.0 Å². The largest absolute Gasteiger partial charge is 0.382 e. The number of nitrogen functional groups attached to an aromatic ring is 1. The number of anilines is 1. The Balaban J connectivity index is 2.97. The molecule has 2 aromatic rings. The third-order valence-corrected chi connectivity index (χ3v) is 2.41. The average molecular weight is 182 g/mol. The normalized spacial score (nSPS) is 10.8. The molecule has 0 bridgehead atoms. The van der Waals surface area contributed by atoms with Crippen LogP contribution in [0.5, 0.6) is 0 Å². The maximum Gasteiger partial charge on any atom is 0.348 e. The first-order valence-electron chi connectivity index (χ1n) is 3.30. The van der Waals surface area contributed by atoms with Gasteiger partial charge >= 0.3 is 5.69 Å². The Kier molecular flexibility index (Phi) is 1.37. The first kappa shape index (κ1) is 7.23. The van der Waals surface area contributed by atoms with Gasteiger partial charge in [0.05, 0.1) is 5.01 Å². The predicted octanol–water partition coefficient (Wildman–Crippen LogP) is 0.270. The second-order valence-electron chi connectivity index (χ2n) is 2.34. The van der Waals surface area contributed by atoms with Crippen LogP contribution in [0.15, 0.2) is 4.79 Å². The minimum atomic E-state index is -0.453. The molecule has 2 rings (SSSR count). The first-order chi connectivity index (χ1) is 5.66. The highest BCUT2D eigenvalue weighted by Crippen LogP contribution is 2.21. The molecule has 0 fully saturated rings. The van der Waals surface area contributed by atoms with Gasteiger partial charge < -0.3 is 5.73 Å². The number of fused-ring (bicyclic) bond motifs is 1. The quantitative estimate of drug-likeness (QED) is 0.612. The number of nitrogens with one attached hydrogen (secondary N) is 1. The number of aromatic amines is 1. The highest BCUT2D eigenvalue weighted by Gasteiger charge is 2.05. The van der Waals surface area contributed by atoms with E-state index in [1.165, 1.54) is 11.3 Å². The number of nitrogens with two attached hydrogens (primary N) is 1. The van der Waals surface area contributed by atoms with E-state index in [0.717, 1.165) is 9.71 Å². The monoisotopic (exact) mass is 182 g/mol. The van der Waals surface area contributed by atoms with Crippen molar-refractivity contribution in [3.63, 3.8) is 0 Å². The Morgan fingerprint density at radius 3 is 3.00 bits per heavy atom. The predicted molar refractivity (Wildman–Crippen MR) is 47.2 cm³/mol. The van der Waals surface area contributed by atoms with E-state index in [1.54, 1.807) is 0 Å². The number of aryl methyl sites for hydroxylation is 1. The fraction of sp³-hybridized carbons (Fsp3) is 0.167. The summed E-state index contributed by atoms with van der Waals surface area (Å²) in [7, 11) is 0. The van der Waals surface area contributed by atoms with Crippen molar-refractivity contribution in [2.75, 3.05) is 5.73 Å². The molecule has 2 aromatic heterocycles. The molecule has 5 nitrogen and oxygen atoms in total. The van der Waals surface area contributed by atoms with Crippen molar-refractivity contribution in [2.24, 2.45) is 0 Å². The molecule has 0 aliphatic rings. The summed E-state index contributed by atoms with van der Waals surface area (Å²) in [6.07, 6.45) is 0. The van der Waals surface area contributed by atoms with E-state index in [9.17, 15) is 4.79 Å². The molecule has 0 saturated carbocycles. The SMILES string of the molecule is Cc1nc2[nH]c(=O)nc(N)c2s1. The van der Waals surface area contributed by atoms with Crippen LogP contribution in [0.4, 0.5) is 5.82 Å². The molecule has 0 aliphatic heterocycles. The van der Waals surface area contributed by atoms with E-state index in [-0.39, 0.29) is 5.82 Å². The molecule has 0 aliphatic carbocycles. The van der Waals surface area contributed by atoms with Gasteiger partial charge in [-0.15, -0.1) is 11.3 Å². The Morgan fingerprint density at radius 2 is 2.25 bits per heavy atom. The van der Waals surface area contributed by atoms with Gasteiger partial charge in [0.15, 0.2) is 11.5 Å². The number of hydrogen-bond acceptors (Lipinski definition) is 5. The lowest BCUT2D eigenvalue weighted by Gasteiger charge is -1.89. The van der Waals surface area contributed by atoms with Crippen molar-refractivity contribution >= 4 is 27.5 Å². The third kappa shape index (κ3) is 0.964. The van der Waals surface area contributed by atoms with Crippen LogP contribution >= 0.6 is 11.3 Å². The smallest absolute Gasteiger partial charge is 0.348 e. The first-order valence-corrected chi connectivity index (χ1v) is 4.11. The Morgan fingerprint density at radius 1 is 1.50 bits per heavy atom. The van der Waals surface area contributed by atoms with Gasteiger partial charge in [-0.1, -0.05) is 0 Å². The molecule has 0 atom stereocenters. The van der Waals surface area contributed by atoms with Gasteiger partial charge in [-0.3, -0.25) is 4.98 Å². The number of aromatic nitrogens is 3. The number of hydrogen-bond donors (Lipinski definition) is 2. The van der Waals surface area contributed by atoms with Crippen LogP contribution in [-0.2, 0) is 0 Å². The van der Waals surface area contributed by atoms with Gasteiger partial charge in [0.2, 0.25) is 0 Å². The fourth-order valence-electron chi connectivity index (χ4n) is 0.975. The zero-order chi connectivity index (χ0) is 8.72. The molecular weight excluding hydrogens is 176 g/mol. The molecule has 62 valence electrons. The minimum absolute atomic E-state index is 0.249. The van der Waals surface area contributed by atoms with Crippen LogP contribution in [0.1, 0.15) is 5.01 Å². The van der Waals surface area contributed by atoms with Crippen LogP contribution < -0.4 is 11.4 Å². The van der Waals surface area contributed by atoms with Gasteiger partial charge in [0.25, 0.3) is 0 Å². The zero-order valence-corrected chi connectivity index (χ0v) is 7.10.